The second-order valence-corrected chi connectivity index (χ2v) is 7.14. The molecule has 0 radical (unpaired) electrons. The molecule has 0 amide bonds. The van der Waals surface area contributed by atoms with E-state index in [-0.39, 0.29) is 0 Å². The molecule has 2 aromatic heterocycles. The van der Waals surface area contributed by atoms with Gasteiger partial charge >= 0.3 is 0 Å². The Morgan fingerprint density at radius 1 is 1.44 bits per heavy atom. The molecule has 1 N–H and O–H groups in total. The number of hydrogen-bond donors (Lipinski definition) is 1. The minimum Gasteiger partial charge on any atom is -0.329 e. The number of aryl methyl sites for hydroxylation is 1. The Kier molecular flexibility index (Phi) is 3.84. The van der Waals surface area contributed by atoms with Crippen molar-refractivity contribution in [3.63, 3.8) is 0 Å². The fourth-order valence-electron chi connectivity index (χ4n) is 1.62. The first kappa shape index (κ1) is 13.3. The highest BCUT2D eigenvalue weighted by molar-refractivity contribution is 7.88. The lowest BCUT2D eigenvalue weighted by Crippen LogP contribution is -2.26. The Morgan fingerprint density at radius 2 is 2.22 bits per heavy atom. The minimum atomic E-state index is -3.13. The van der Waals surface area contributed by atoms with E-state index in [0.717, 1.165) is 17.0 Å². The van der Waals surface area contributed by atoms with Gasteiger partial charge in [0.05, 0.1) is 11.1 Å². The van der Waals surface area contributed by atoms with Gasteiger partial charge in [0.1, 0.15) is 5.82 Å². The molecule has 0 aliphatic carbocycles. The number of thiophene rings is 1. The van der Waals surface area contributed by atoms with Crippen molar-refractivity contribution >= 4 is 21.4 Å². The number of imidazole rings is 1. The lowest BCUT2D eigenvalue weighted by molar-refractivity contribution is 0.579. The van der Waals surface area contributed by atoms with Gasteiger partial charge in [-0.3, -0.25) is 0 Å². The smallest absolute Gasteiger partial charge is 0.208 e. The van der Waals surface area contributed by atoms with Gasteiger partial charge in [-0.05, 0) is 19.1 Å². The molecule has 0 saturated heterocycles. The maximum Gasteiger partial charge on any atom is 0.208 e. The normalized spacial score (nSPS) is 11.9. The summed E-state index contributed by atoms with van der Waals surface area (Å²) in [6, 6.07) is 4.08. The average Bonchev–Trinajstić information content (AvgIpc) is 2.84. The average molecular weight is 285 g/mol. The SMILES string of the molecule is Cc1ccc(-c2nccn2CCNS(C)(=O)=O)s1. The monoisotopic (exact) mass is 285 g/mol. The molecule has 0 saturated carbocycles. The lowest BCUT2D eigenvalue weighted by atomic mass is 10.4. The van der Waals surface area contributed by atoms with Gasteiger partial charge in [-0.15, -0.1) is 11.3 Å². The third kappa shape index (κ3) is 3.41. The van der Waals surface area contributed by atoms with E-state index < -0.39 is 10.0 Å². The van der Waals surface area contributed by atoms with E-state index in [9.17, 15) is 8.42 Å². The first-order chi connectivity index (χ1) is 8.46. The number of aromatic nitrogens is 2. The first-order valence-corrected chi connectivity index (χ1v) is 8.19. The molecular formula is C11H15N3O2S2. The predicted molar refractivity (Wildman–Crippen MR) is 73.1 cm³/mol. The highest BCUT2D eigenvalue weighted by atomic mass is 32.2. The second-order valence-electron chi connectivity index (χ2n) is 4.02. The Labute approximate surface area is 111 Å². The minimum absolute atomic E-state index is 0.368. The second kappa shape index (κ2) is 5.21. The maximum absolute atomic E-state index is 11.0. The van der Waals surface area contributed by atoms with E-state index in [1.54, 1.807) is 17.5 Å². The molecule has 0 atom stereocenters. The molecule has 7 heteroatoms. The molecule has 98 valence electrons. The molecular weight excluding hydrogens is 270 g/mol. The number of nitrogens with one attached hydrogen (secondary N) is 1. The standard InChI is InChI=1S/C11H15N3O2S2/c1-9-3-4-10(17-9)11-12-5-7-14(11)8-6-13-18(2,15)16/h3-5,7,13H,6,8H2,1-2H3. The quantitative estimate of drug-likeness (QED) is 0.905. The lowest BCUT2D eigenvalue weighted by Gasteiger charge is -2.06. The van der Waals surface area contributed by atoms with Crippen molar-refractivity contribution in [2.45, 2.75) is 13.5 Å². The molecule has 0 bridgehead atoms. The fourth-order valence-corrected chi connectivity index (χ4v) is 2.96. The van der Waals surface area contributed by atoms with Crippen molar-refractivity contribution in [2.75, 3.05) is 12.8 Å². The van der Waals surface area contributed by atoms with Crippen LogP contribution >= 0.6 is 11.3 Å². The van der Waals surface area contributed by atoms with E-state index >= 15 is 0 Å². The van der Waals surface area contributed by atoms with Crippen LogP contribution in [0.2, 0.25) is 0 Å². The van der Waals surface area contributed by atoms with E-state index in [1.807, 2.05) is 29.8 Å². The zero-order chi connectivity index (χ0) is 13.2. The summed E-state index contributed by atoms with van der Waals surface area (Å²) < 4.78 is 26.4. The Hall–Kier alpha value is -1.18. The van der Waals surface area contributed by atoms with Crippen LogP contribution in [-0.2, 0) is 16.6 Å². The van der Waals surface area contributed by atoms with Crippen LogP contribution in [0.4, 0.5) is 0 Å². The molecule has 0 aromatic carbocycles. The summed E-state index contributed by atoms with van der Waals surface area (Å²) in [5, 5.41) is 0. The molecule has 0 fully saturated rings. The highest BCUT2D eigenvalue weighted by Gasteiger charge is 2.08. The van der Waals surface area contributed by atoms with Crippen LogP contribution in [0.15, 0.2) is 24.5 Å². The molecule has 2 heterocycles. The molecule has 18 heavy (non-hydrogen) atoms. The molecule has 2 aromatic rings. The van der Waals surface area contributed by atoms with E-state index in [0.29, 0.717) is 13.1 Å². The van der Waals surface area contributed by atoms with E-state index in [2.05, 4.69) is 9.71 Å². The third-order valence-corrected chi connectivity index (χ3v) is 4.12. The largest absolute Gasteiger partial charge is 0.329 e. The van der Waals surface area contributed by atoms with Gasteiger partial charge in [0.25, 0.3) is 0 Å². The van der Waals surface area contributed by atoms with Gasteiger partial charge in [0.2, 0.25) is 10.0 Å². The van der Waals surface area contributed by atoms with Gasteiger partial charge in [0.15, 0.2) is 0 Å². The Bertz CT molecular complexity index is 628. The van der Waals surface area contributed by atoms with Crippen LogP contribution in [0.5, 0.6) is 0 Å². The summed E-state index contributed by atoms with van der Waals surface area (Å²) in [7, 11) is -3.13. The van der Waals surface area contributed by atoms with Crippen molar-refractivity contribution < 1.29 is 8.42 Å². The van der Waals surface area contributed by atoms with Gasteiger partial charge in [-0.2, -0.15) is 0 Å². The fraction of sp³-hybridized carbons (Fsp3) is 0.364. The van der Waals surface area contributed by atoms with Gasteiger partial charge in [-0.1, -0.05) is 0 Å². The van der Waals surface area contributed by atoms with Crippen molar-refractivity contribution in [3.8, 4) is 10.7 Å². The van der Waals surface area contributed by atoms with Crippen molar-refractivity contribution in [1.29, 1.82) is 0 Å². The van der Waals surface area contributed by atoms with Crippen molar-refractivity contribution in [2.24, 2.45) is 0 Å². The predicted octanol–water partition coefficient (Wildman–Crippen LogP) is 1.47. The van der Waals surface area contributed by atoms with Crippen molar-refractivity contribution in [3.05, 3.63) is 29.4 Å². The first-order valence-electron chi connectivity index (χ1n) is 5.48. The summed E-state index contributed by atoms with van der Waals surface area (Å²) >= 11 is 1.68. The van der Waals surface area contributed by atoms with E-state index in [4.69, 9.17) is 0 Å². The topological polar surface area (TPSA) is 64.0 Å². The summed E-state index contributed by atoms with van der Waals surface area (Å²) in [5.74, 6) is 0.878. The van der Waals surface area contributed by atoms with Gasteiger partial charge < -0.3 is 4.57 Å². The zero-order valence-corrected chi connectivity index (χ0v) is 11.9. The molecule has 0 aliphatic rings. The summed E-state index contributed by atoms with van der Waals surface area (Å²) in [5.41, 5.74) is 0. The van der Waals surface area contributed by atoms with Crippen LogP contribution in [0.25, 0.3) is 10.7 Å². The van der Waals surface area contributed by atoms with Crippen LogP contribution in [0.1, 0.15) is 4.88 Å². The number of hydrogen-bond acceptors (Lipinski definition) is 4. The van der Waals surface area contributed by atoms with Gasteiger partial charge in [-0.25, -0.2) is 18.1 Å². The van der Waals surface area contributed by atoms with Crippen LogP contribution in [0, 0.1) is 6.92 Å². The van der Waals surface area contributed by atoms with Crippen LogP contribution in [0.3, 0.4) is 0 Å². The van der Waals surface area contributed by atoms with Crippen LogP contribution in [-0.4, -0.2) is 30.8 Å². The van der Waals surface area contributed by atoms with Gasteiger partial charge in [0, 0.05) is 30.4 Å². The molecule has 0 unspecified atom stereocenters. The summed E-state index contributed by atoms with van der Waals surface area (Å²) in [6.07, 6.45) is 4.74. The van der Waals surface area contributed by atoms with Crippen LogP contribution < -0.4 is 4.72 Å². The van der Waals surface area contributed by atoms with Crippen molar-refractivity contribution in [1.82, 2.24) is 14.3 Å². The number of nitrogens with zero attached hydrogens (tertiary/aromatic N) is 2. The Morgan fingerprint density at radius 3 is 2.83 bits per heavy atom. The molecule has 0 spiro atoms. The maximum atomic E-state index is 11.0. The van der Waals surface area contributed by atoms with E-state index in [1.165, 1.54) is 4.88 Å². The highest BCUT2D eigenvalue weighted by Crippen LogP contribution is 2.25. The molecule has 2 rings (SSSR count). The summed E-state index contributed by atoms with van der Waals surface area (Å²) in [4.78, 5) is 6.64. The number of sulfonamides is 1. The zero-order valence-electron chi connectivity index (χ0n) is 10.3. The molecule has 0 aliphatic heterocycles. The Balaban J connectivity index is 2.09. The third-order valence-electron chi connectivity index (χ3n) is 2.39. The summed E-state index contributed by atoms with van der Waals surface area (Å²) in [6.45, 7) is 2.98. The molecule has 5 nitrogen and oxygen atoms in total. The number of rotatable bonds is 5.